The molecule has 3 N–H and O–H groups in total. The summed E-state index contributed by atoms with van der Waals surface area (Å²) in [4.78, 5) is 54.3. The Hall–Kier alpha value is -4.56. The van der Waals surface area contributed by atoms with Crippen LogP contribution < -0.4 is 20.9 Å². The van der Waals surface area contributed by atoms with Gasteiger partial charge < -0.3 is 35.1 Å². The quantitative estimate of drug-likeness (QED) is 0.272. The fraction of sp³-hybridized carbons (Fsp3) is 0.400. The Bertz CT molecular complexity index is 1430. The van der Waals surface area contributed by atoms with E-state index in [-0.39, 0.29) is 36.0 Å². The first-order valence-electron chi connectivity index (χ1n) is 14.0. The van der Waals surface area contributed by atoms with Crippen LogP contribution in [0, 0.1) is 11.6 Å². The fourth-order valence-electron chi connectivity index (χ4n) is 5.37. The van der Waals surface area contributed by atoms with E-state index in [9.17, 15) is 28.0 Å². The van der Waals surface area contributed by atoms with Crippen molar-refractivity contribution in [1.29, 1.82) is 0 Å². The van der Waals surface area contributed by atoms with Gasteiger partial charge in [0.1, 0.15) is 6.04 Å². The molecule has 1 unspecified atom stereocenters. The minimum atomic E-state index is -1.42. The smallest absolute Gasteiger partial charge is 0.339 e. The highest BCUT2D eigenvalue weighted by Gasteiger charge is 2.43. The first-order chi connectivity index (χ1) is 21.2. The van der Waals surface area contributed by atoms with Crippen LogP contribution in [0.1, 0.15) is 34.8 Å². The summed E-state index contributed by atoms with van der Waals surface area (Å²) < 4.78 is 42.9. The molecule has 2 aromatic rings. The predicted octanol–water partition coefficient (Wildman–Crippen LogP) is 2.86. The van der Waals surface area contributed by atoms with Crippen molar-refractivity contribution in [1.82, 2.24) is 20.9 Å². The van der Waals surface area contributed by atoms with Crippen molar-refractivity contribution in [2.75, 3.05) is 59.0 Å². The van der Waals surface area contributed by atoms with Crippen LogP contribution >= 0.6 is 0 Å². The van der Waals surface area contributed by atoms with Crippen LogP contribution in [-0.2, 0) is 19.0 Å². The molecule has 1 saturated heterocycles. The molecule has 2 aliphatic heterocycles. The lowest BCUT2D eigenvalue weighted by Crippen LogP contribution is -2.56. The molecule has 0 aromatic heterocycles. The van der Waals surface area contributed by atoms with Crippen LogP contribution in [0.15, 0.2) is 53.7 Å². The van der Waals surface area contributed by atoms with E-state index in [0.717, 1.165) is 42.7 Å². The van der Waals surface area contributed by atoms with Gasteiger partial charge in [-0.3, -0.25) is 0 Å². The number of carbonyl (C=O) groups excluding carboxylic acids is 4. The maximum absolute atomic E-state index is 14.2. The van der Waals surface area contributed by atoms with Crippen LogP contribution in [0.2, 0.25) is 0 Å². The van der Waals surface area contributed by atoms with Crippen molar-refractivity contribution in [3.05, 3.63) is 76.5 Å². The van der Waals surface area contributed by atoms with E-state index >= 15 is 0 Å². The van der Waals surface area contributed by atoms with Crippen molar-refractivity contribution in [3.63, 3.8) is 0 Å². The minimum Gasteiger partial charge on any atom is -0.466 e. The molecule has 44 heavy (non-hydrogen) atoms. The topological polar surface area (TPSA) is 139 Å². The van der Waals surface area contributed by atoms with Gasteiger partial charge in [0.2, 0.25) is 0 Å². The van der Waals surface area contributed by atoms with Gasteiger partial charge in [0.25, 0.3) is 0 Å². The standard InChI is InChI=1S/C30H35F2N5O7/c1-42-17-23-25(28(39)44-3)26(18-8-9-21(31)22(32)16-18)37(30(41)35-23)29(40)34-13-12-33-19-10-14-36(15-11-19)24-7-5-4-6-20(24)27(38)43-2/h4-9,16,19,26,33H,10-15,17H2,1-3H3,(H,34,40)(H,35,41). The van der Waals surface area contributed by atoms with Gasteiger partial charge in [-0.1, -0.05) is 18.2 Å². The summed E-state index contributed by atoms with van der Waals surface area (Å²) >= 11 is 0. The van der Waals surface area contributed by atoms with E-state index in [1.807, 2.05) is 12.1 Å². The van der Waals surface area contributed by atoms with Crippen molar-refractivity contribution in [2.45, 2.75) is 24.9 Å². The molecule has 4 amide bonds. The number of piperidine rings is 1. The van der Waals surface area contributed by atoms with Gasteiger partial charge in [-0.05, 0) is 42.7 Å². The number of halogens is 2. The number of esters is 2. The highest BCUT2D eigenvalue weighted by molar-refractivity contribution is 6.01. The molecule has 0 spiro atoms. The lowest BCUT2D eigenvalue weighted by Gasteiger charge is -2.37. The summed E-state index contributed by atoms with van der Waals surface area (Å²) in [5, 5.41) is 8.52. The van der Waals surface area contributed by atoms with E-state index in [4.69, 9.17) is 14.2 Å². The molecule has 2 aliphatic rings. The Labute approximate surface area is 253 Å². The number of urea groups is 2. The third kappa shape index (κ3) is 7.14. The van der Waals surface area contributed by atoms with E-state index in [2.05, 4.69) is 20.9 Å². The number of carbonyl (C=O) groups is 4. The normalized spacial score (nSPS) is 17.3. The molecule has 1 atom stereocenters. The number of benzene rings is 2. The monoisotopic (exact) mass is 615 g/mol. The second kappa shape index (κ2) is 14.8. The van der Waals surface area contributed by atoms with Gasteiger partial charge in [-0.2, -0.15) is 0 Å². The van der Waals surface area contributed by atoms with Crippen LogP contribution in [0.5, 0.6) is 0 Å². The Kier molecular flexibility index (Phi) is 10.8. The fourth-order valence-corrected chi connectivity index (χ4v) is 5.37. The predicted molar refractivity (Wildman–Crippen MR) is 155 cm³/mol. The summed E-state index contributed by atoms with van der Waals surface area (Å²) in [5.41, 5.74) is 1.18. The van der Waals surface area contributed by atoms with Gasteiger partial charge in [-0.15, -0.1) is 0 Å². The number of amides is 4. The Balaban J connectivity index is 1.40. The van der Waals surface area contributed by atoms with Crippen LogP contribution in [0.3, 0.4) is 0 Å². The Morgan fingerprint density at radius 2 is 1.66 bits per heavy atom. The minimum absolute atomic E-state index is 0.0124. The van der Waals surface area contributed by atoms with E-state index in [0.29, 0.717) is 25.2 Å². The zero-order valence-electron chi connectivity index (χ0n) is 24.7. The zero-order chi connectivity index (χ0) is 31.8. The molecular formula is C30H35F2N5O7. The number of methoxy groups -OCH3 is 3. The van der Waals surface area contributed by atoms with Crippen molar-refractivity contribution in [3.8, 4) is 0 Å². The molecule has 2 aromatic carbocycles. The molecule has 236 valence electrons. The van der Waals surface area contributed by atoms with Gasteiger partial charge in [0.05, 0.1) is 43.3 Å². The van der Waals surface area contributed by atoms with Crippen molar-refractivity contribution >= 4 is 29.7 Å². The van der Waals surface area contributed by atoms with Gasteiger partial charge >= 0.3 is 24.0 Å². The highest BCUT2D eigenvalue weighted by Crippen LogP contribution is 2.35. The maximum atomic E-state index is 14.2. The lowest BCUT2D eigenvalue weighted by molar-refractivity contribution is -0.137. The van der Waals surface area contributed by atoms with Crippen LogP contribution in [0.25, 0.3) is 0 Å². The largest absolute Gasteiger partial charge is 0.466 e. The first-order valence-corrected chi connectivity index (χ1v) is 14.0. The second-order valence-corrected chi connectivity index (χ2v) is 10.1. The number of rotatable bonds is 10. The van der Waals surface area contributed by atoms with Crippen LogP contribution in [-0.4, -0.2) is 89.1 Å². The third-order valence-electron chi connectivity index (χ3n) is 7.48. The third-order valence-corrected chi connectivity index (χ3v) is 7.48. The number of imide groups is 1. The number of para-hydroxylation sites is 1. The van der Waals surface area contributed by atoms with Gasteiger partial charge in [0.15, 0.2) is 11.6 Å². The van der Waals surface area contributed by atoms with E-state index < -0.39 is 41.7 Å². The lowest BCUT2D eigenvalue weighted by atomic mass is 9.93. The van der Waals surface area contributed by atoms with Gasteiger partial charge in [-0.25, -0.2) is 32.9 Å². The molecule has 14 heteroatoms. The number of ether oxygens (including phenoxy) is 3. The molecule has 2 heterocycles. The number of hydrogen-bond acceptors (Lipinski definition) is 9. The number of anilines is 1. The molecule has 0 saturated carbocycles. The molecule has 0 radical (unpaired) electrons. The molecule has 1 fully saturated rings. The maximum Gasteiger partial charge on any atom is 0.339 e. The SMILES string of the molecule is COCC1=C(C(=O)OC)C(c2ccc(F)c(F)c2)N(C(=O)NCCNC2CCN(c3ccccc3C(=O)OC)CC2)C(=O)N1. The zero-order valence-corrected chi connectivity index (χ0v) is 24.7. The summed E-state index contributed by atoms with van der Waals surface area (Å²) in [7, 11) is 3.82. The summed E-state index contributed by atoms with van der Waals surface area (Å²) in [6.07, 6.45) is 1.57. The average Bonchev–Trinajstić information content (AvgIpc) is 3.03. The van der Waals surface area contributed by atoms with E-state index in [1.54, 1.807) is 12.1 Å². The average molecular weight is 616 g/mol. The number of hydrogen-bond donors (Lipinski definition) is 3. The van der Waals surface area contributed by atoms with Gasteiger partial charge in [0, 0.05) is 39.3 Å². The first kappa shape index (κ1) is 32.4. The van der Waals surface area contributed by atoms with Crippen molar-refractivity contribution in [2.24, 2.45) is 0 Å². The summed E-state index contributed by atoms with van der Waals surface area (Å²) in [5.74, 6) is -3.62. The number of nitrogens with one attached hydrogen (secondary N) is 3. The highest BCUT2D eigenvalue weighted by atomic mass is 19.2. The molecule has 12 nitrogen and oxygen atoms in total. The number of nitrogens with zero attached hydrogens (tertiary/aromatic N) is 2. The summed E-state index contributed by atoms with van der Waals surface area (Å²) in [6, 6.07) is 7.13. The molecule has 0 bridgehead atoms. The Morgan fingerprint density at radius 1 is 0.955 bits per heavy atom. The van der Waals surface area contributed by atoms with Crippen LogP contribution in [0.4, 0.5) is 24.1 Å². The van der Waals surface area contributed by atoms with E-state index in [1.165, 1.54) is 20.3 Å². The second-order valence-electron chi connectivity index (χ2n) is 10.1. The molecule has 0 aliphatic carbocycles. The molecule has 4 rings (SSSR count). The Morgan fingerprint density at radius 3 is 2.32 bits per heavy atom. The summed E-state index contributed by atoms with van der Waals surface area (Å²) in [6.45, 7) is 1.70. The molecular weight excluding hydrogens is 580 g/mol. The van der Waals surface area contributed by atoms with Crippen molar-refractivity contribution < 1.29 is 42.2 Å².